The Morgan fingerprint density at radius 2 is 1.14 bits per heavy atom. The van der Waals surface area contributed by atoms with Crippen molar-refractivity contribution in [1.82, 2.24) is 60.0 Å². The molecule has 28 heteroatoms. The predicted molar refractivity (Wildman–Crippen MR) is 393 cm³/mol. The number of amides is 1. The van der Waals surface area contributed by atoms with Gasteiger partial charge in [-0.15, -0.1) is 0 Å². The Bertz CT molecular complexity index is 5410. The van der Waals surface area contributed by atoms with Gasteiger partial charge in [0, 0.05) is 39.6 Å². The van der Waals surface area contributed by atoms with Crippen molar-refractivity contribution in [1.29, 1.82) is 0 Å². The molecule has 0 radical (unpaired) electrons. The van der Waals surface area contributed by atoms with Crippen LogP contribution in [0.4, 0.5) is 24.5 Å². The molecule has 6 heterocycles. The molecule has 104 heavy (non-hydrogen) atoms. The third-order valence-corrected chi connectivity index (χ3v) is 16.2. The highest BCUT2D eigenvalue weighted by Crippen LogP contribution is 2.41. The van der Waals surface area contributed by atoms with Gasteiger partial charge in [-0.3, -0.25) is 34.0 Å². The lowest BCUT2D eigenvalue weighted by Crippen LogP contribution is -2.25. The van der Waals surface area contributed by atoms with E-state index in [1.807, 2.05) is 50.5 Å². The van der Waals surface area contributed by atoms with Crippen molar-refractivity contribution < 1.29 is 66.2 Å². The molecule has 532 valence electrons. The molecule has 13 rings (SSSR count). The van der Waals surface area contributed by atoms with E-state index in [1.165, 1.54) is 57.7 Å². The first-order valence-corrected chi connectivity index (χ1v) is 31.7. The summed E-state index contributed by atoms with van der Waals surface area (Å²) in [7, 11) is 13.0. The van der Waals surface area contributed by atoms with Gasteiger partial charge in [0.05, 0.1) is 156 Å². The first kappa shape index (κ1) is 74.9. The van der Waals surface area contributed by atoms with Crippen LogP contribution in [0.1, 0.15) is 102 Å². The van der Waals surface area contributed by atoms with Crippen LogP contribution in [0.25, 0.3) is 107 Å². The van der Waals surface area contributed by atoms with E-state index in [0.29, 0.717) is 103 Å². The summed E-state index contributed by atoms with van der Waals surface area (Å²) in [6, 6.07) is 24.6. The van der Waals surface area contributed by atoms with Gasteiger partial charge in [-0.25, -0.2) is 19.3 Å². The summed E-state index contributed by atoms with van der Waals surface area (Å²) in [5, 5.41) is 51.8. The van der Waals surface area contributed by atoms with Gasteiger partial charge in [-0.2, -0.15) is 38.7 Å². The number of hydrogen-bond acceptors (Lipinski definition) is 16. The van der Waals surface area contributed by atoms with E-state index in [4.69, 9.17) is 51.8 Å². The molecule has 0 atom stereocenters. The lowest BCUT2D eigenvalue weighted by atomic mass is 10.1. The average Bonchev–Trinajstić information content (AvgIpc) is 1.59. The SMILES string of the molecule is C=Cc1nn(C)c2ccc(C(=O)NC3CC3)c(OC)c12.C=Cc1nn(C)c2ccc(C(=O)O)c(OC)c12.C=Cc1nn(C)c2ccc(C(=O)OCC)c(OC)c12.[C-]#[N+]c1ccc2[nH]nc(/C=C/c3cncc(CO)c3)c2c1OC.[C-]#[N+]c1ccc2n[nH]c(/C=C/c3ccccc3C(F)(F)F)c2c1OC. The number of alkyl halides is 3. The summed E-state index contributed by atoms with van der Waals surface area (Å²) in [6.45, 7) is 27.6. The van der Waals surface area contributed by atoms with Gasteiger partial charge in [0.15, 0.2) is 0 Å². The van der Waals surface area contributed by atoms with Crippen LogP contribution < -0.4 is 29.0 Å². The van der Waals surface area contributed by atoms with Crippen molar-refractivity contribution in [2.45, 2.75) is 38.6 Å². The number of hydrogen-bond donors (Lipinski definition) is 5. The number of aryl methyl sites for hydroxylation is 3. The maximum Gasteiger partial charge on any atom is 0.416 e. The highest BCUT2D eigenvalue weighted by Gasteiger charge is 2.33. The predicted octanol–water partition coefficient (Wildman–Crippen LogP) is 14.9. The van der Waals surface area contributed by atoms with Gasteiger partial charge < -0.3 is 44.0 Å². The van der Waals surface area contributed by atoms with Crippen molar-refractivity contribution in [3.05, 3.63) is 213 Å². The monoisotopic (exact) mass is 1410 g/mol. The quantitative estimate of drug-likeness (QED) is 0.0394. The Hall–Kier alpha value is -13.3. The number of fused-ring (bicyclic) bond motifs is 5. The van der Waals surface area contributed by atoms with E-state index in [0.717, 1.165) is 74.0 Å². The van der Waals surface area contributed by atoms with Crippen molar-refractivity contribution in [3.63, 3.8) is 0 Å². The Morgan fingerprint density at radius 3 is 1.65 bits per heavy atom. The number of benzene rings is 6. The molecule has 0 bridgehead atoms. The zero-order valence-electron chi connectivity index (χ0n) is 58.0. The molecule has 6 aromatic carbocycles. The van der Waals surface area contributed by atoms with Crippen LogP contribution in [0.3, 0.4) is 0 Å². The third kappa shape index (κ3) is 16.0. The number of halogens is 3. The number of nitrogens with zero attached hydrogens (tertiary/aromatic N) is 11. The summed E-state index contributed by atoms with van der Waals surface area (Å²) in [5.74, 6) is 0.673. The highest BCUT2D eigenvalue weighted by atomic mass is 19.4. The first-order valence-electron chi connectivity index (χ1n) is 31.7. The molecule has 6 aromatic heterocycles. The summed E-state index contributed by atoms with van der Waals surface area (Å²) in [5.41, 5.74) is 9.86. The normalized spacial score (nSPS) is 11.6. The molecule has 1 fully saturated rings. The molecular formula is C76H71F3N14O11. The summed E-state index contributed by atoms with van der Waals surface area (Å²) in [6.07, 6.45) is 12.4. The number of aromatic amines is 2. The number of esters is 1. The fourth-order valence-electron chi connectivity index (χ4n) is 11.3. The van der Waals surface area contributed by atoms with Crippen molar-refractivity contribution >= 4 is 126 Å². The van der Waals surface area contributed by atoms with Crippen LogP contribution in [0.2, 0.25) is 0 Å². The molecule has 1 aliphatic carbocycles. The Morgan fingerprint density at radius 1 is 0.625 bits per heavy atom. The smallest absolute Gasteiger partial charge is 0.416 e. The van der Waals surface area contributed by atoms with Gasteiger partial charge >= 0.3 is 18.1 Å². The molecule has 12 aromatic rings. The zero-order valence-corrected chi connectivity index (χ0v) is 58.0. The highest BCUT2D eigenvalue weighted by molar-refractivity contribution is 6.07. The number of ether oxygens (including phenoxy) is 6. The number of aromatic carboxylic acids is 1. The van der Waals surface area contributed by atoms with Gasteiger partial charge in [0.2, 0.25) is 11.4 Å². The number of aliphatic hydroxyl groups is 1. The van der Waals surface area contributed by atoms with Crippen LogP contribution in [0.15, 0.2) is 123 Å². The van der Waals surface area contributed by atoms with Crippen molar-refractivity contribution in [3.8, 4) is 28.7 Å². The number of nitrogens with one attached hydrogen (secondary N) is 3. The van der Waals surface area contributed by atoms with E-state index in [-0.39, 0.29) is 23.6 Å². The number of aromatic nitrogens is 11. The van der Waals surface area contributed by atoms with Crippen molar-refractivity contribution in [2.75, 3.05) is 42.2 Å². The van der Waals surface area contributed by atoms with Crippen LogP contribution in [-0.2, 0) is 38.7 Å². The van der Waals surface area contributed by atoms with Gasteiger partial charge in [-0.05, 0) is 127 Å². The van der Waals surface area contributed by atoms with Crippen molar-refractivity contribution in [2.24, 2.45) is 21.1 Å². The number of methoxy groups -OCH3 is 5. The molecule has 1 saturated carbocycles. The van der Waals surface area contributed by atoms with E-state index >= 15 is 0 Å². The minimum atomic E-state index is -4.44. The minimum Gasteiger partial charge on any atom is -0.507 e. The Kier molecular flexibility index (Phi) is 23.9. The Balaban J connectivity index is 0.000000152. The van der Waals surface area contributed by atoms with Gasteiger partial charge in [0.25, 0.3) is 5.91 Å². The molecule has 0 saturated heterocycles. The van der Waals surface area contributed by atoms with E-state index in [1.54, 1.807) is 109 Å². The van der Waals surface area contributed by atoms with E-state index in [9.17, 15) is 27.6 Å². The standard InChI is InChI=1S/C18H12F3N3O.C17H14N4O2.C15H17N3O2.C14H16N2O3.C12H12N2O3/c1-22-15-10-9-14-16(17(15)25-2)13(23-24-14)8-7-11-5-3-4-6-12(11)18(19,20)21;1-18-15-6-5-14-16(17(15)23-2)13(20-21-14)4-3-11-7-12(10-22)9-19-8-11;1-4-11-13-12(18(2)17-11)8-7-10(14(13)20-3)15(19)16-9-5-6-9;1-5-10-12-11(16(3)15-10)8-7-9(13(12)18-4)14(17)19-6-2;1-4-8-10-9(14(2)13-8)6-5-7(12(15)16)11(10)17-3/h3-10H,2H3,(H,23,24);3-9,22H,10H2,2H3,(H,20,21);4,7-9H,1,5-6H2,2-3H3,(H,16,19);5,7-8H,1,6H2,2-4H3;4-6H,1H2,2-3H3,(H,15,16)/b8-7+;4-3+;;;. The molecule has 1 amide bonds. The Labute approximate surface area is 594 Å². The maximum absolute atomic E-state index is 13.1. The number of aliphatic hydroxyl groups excluding tert-OH is 1. The lowest BCUT2D eigenvalue weighted by Gasteiger charge is -2.10. The first-order chi connectivity index (χ1) is 50.1. The zero-order chi connectivity index (χ0) is 75.1. The second-order valence-electron chi connectivity index (χ2n) is 22.6. The summed E-state index contributed by atoms with van der Waals surface area (Å²) in [4.78, 5) is 46.2. The number of H-pyrrole nitrogens is 2. The number of carbonyl (C=O) groups is 3. The van der Waals surface area contributed by atoms with E-state index in [2.05, 4.69) is 75.4 Å². The maximum atomic E-state index is 13.1. The van der Waals surface area contributed by atoms with Gasteiger partial charge in [-0.1, -0.05) is 62.2 Å². The number of carboxylic acids is 1. The summed E-state index contributed by atoms with van der Waals surface area (Å²) >= 11 is 0. The number of pyridine rings is 1. The number of carboxylic acid groups (broad SMARTS) is 1. The van der Waals surface area contributed by atoms with Gasteiger partial charge in [0.1, 0.15) is 39.9 Å². The largest absolute Gasteiger partial charge is 0.507 e. The second kappa shape index (κ2) is 33.2. The van der Waals surface area contributed by atoms with Crippen LogP contribution in [0.5, 0.6) is 28.7 Å². The molecule has 25 nitrogen and oxygen atoms in total. The fourth-order valence-corrected chi connectivity index (χ4v) is 11.3. The van der Waals surface area contributed by atoms with E-state index < -0.39 is 23.7 Å². The lowest BCUT2D eigenvalue weighted by molar-refractivity contribution is -0.137. The molecule has 0 spiro atoms. The second-order valence-corrected chi connectivity index (χ2v) is 22.6. The van der Waals surface area contributed by atoms with Crippen LogP contribution in [0, 0.1) is 13.1 Å². The third-order valence-electron chi connectivity index (χ3n) is 16.2. The van der Waals surface area contributed by atoms with Crippen LogP contribution >= 0.6 is 0 Å². The molecule has 0 aliphatic heterocycles. The summed E-state index contributed by atoms with van der Waals surface area (Å²) < 4.78 is 76.1. The van der Waals surface area contributed by atoms with Crippen LogP contribution in [-0.4, -0.2) is 131 Å². The fraction of sp³-hybridized carbons (Fsp3) is 0.197. The molecule has 1 aliphatic rings. The minimum absolute atomic E-state index is 0.0399. The average molecular weight is 1410 g/mol. The molecular weight excluding hydrogens is 1340 g/mol. The number of rotatable bonds is 18. The number of carbonyl (C=O) groups excluding carboxylic acids is 2. The topological polar surface area (TPSA) is 292 Å². The molecule has 5 N–H and O–H groups in total. The molecule has 0 unspecified atom stereocenters.